The second-order valence-electron chi connectivity index (χ2n) is 5.27. The third kappa shape index (κ3) is 3.01. The van der Waals surface area contributed by atoms with Gasteiger partial charge in [0.1, 0.15) is 5.76 Å². The van der Waals surface area contributed by atoms with E-state index >= 15 is 0 Å². The molecule has 0 fully saturated rings. The summed E-state index contributed by atoms with van der Waals surface area (Å²) < 4.78 is 10.3. The van der Waals surface area contributed by atoms with E-state index in [1.165, 1.54) is 0 Å². The molecule has 3 heterocycles. The second kappa shape index (κ2) is 6.08. The molecule has 0 saturated heterocycles. The molecule has 0 aliphatic carbocycles. The summed E-state index contributed by atoms with van der Waals surface area (Å²) in [5, 5.41) is 7.33. The predicted octanol–water partition coefficient (Wildman–Crippen LogP) is 3.81. The summed E-state index contributed by atoms with van der Waals surface area (Å²) in [5.41, 5.74) is 5.48. The van der Waals surface area contributed by atoms with E-state index in [1.807, 2.05) is 45.2 Å². The second-order valence-corrected chi connectivity index (χ2v) is 5.27. The highest BCUT2D eigenvalue weighted by Gasteiger charge is 2.13. The maximum Gasteiger partial charge on any atom is 0.213 e. The van der Waals surface area contributed by atoms with E-state index in [4.69, 9.17) is 9.26 Å². The molecule has 0 aliphatic heterocycles. The van der Waals surface area contributed by atoms with Crippen LogP contribution in [0, 0.1) is 20.8 Å². The molecule has 23 heavy (non-hydrogen) atoms. The monoisotopic (exact) mass is 310 g/mol. The Hall–Kier alpha value is -2.89. The van der Waals surface area contributed by atoms with Gasteiger partial charge >= 0.3 is 0 Å². The molecule has 0 saturated carbocycles. The summed E-state index contributed by atoms with van der Waals surface area (Å²) in [4.78, 5) is 8.66. The molecule has 0 unspecified atom stereocenters. The molecule has 0 aliphatic rings. The number of aromatic nitrogens is 3. The Labute approximate surface area is 134 Å². The largest absolute Gasteiger partial charge is 0.481 e. The van der Waals surface area contributed by atoms with E-state index in [0.717, 1.165) is 39.6 Å². The minimum atomic E-state index is 0.579. The minimum Gasteiger partial charge on any atom is -0.481 e. The summed E-state index contributed by atoms with van der Waals surface area (Å²) in [6, 6.07) is 5.76. The van der Waals surface area contributed by atoms with Gasteiger partial charge in [0.25, 0.3) is 0 Å². The van der Waals surface area contributed by atoms with Gasteiger partial charge in [0.05, 0.1) is 36.1 Å². The smallest absolute Gasteiger partial charge is 0.213 e. The van der Waals surface area contributed by atoms with Crippen molar-refractivity contribution in [1.29, 1.82) is 0 Å². The Morgan fingerprint density at radius 3 is 2.48 bits per heavy atom. The summed E-state index contributed by atoms with van der Waals surface area (Å²) in [6.45, 7) is 5.78. The van der Waals surface area contributed by atoms with E-state index in [9.17, 15) is 0 Å². The zero-order valence-electron chi connectivity index (χ0n) is 13.5. The lowest BCUT2D eigenvalue weighted by atomic mass is 10.1. The highest BCUT2D eigenvalue weighted by Crippen LogP contribution is 2.30. The van der Waals surface area contributed by atoms with Gasteiger partial charge in [-0.05, 0) is 32.9 Å². The summed E-state index contributed by atoms with van der Waals surface area (Å²) >= 11 is 0. The zero-order valence-corrected chi connectivity index (χ0v) is 13.5. The van der Waals surface area contributed by atoms with Crippen LogP contribution in [0.5, 0.6) is 5.88 Å². The molecule has 1 N–H and O–H groups in total. The maximum atomic E-state index is 5.24. The van der Waals surface area contributed by atoms with Crippen molar-refractivity contribution in [3.63, 3.8) is 0 Å². The molecule has 0 aromatic carbocycles. The zero-order chi connectivity index (χ0) is 16.4. The van der Waals surface area contributed by atoms with E-state index in [-0.39, 0.29) is 0 Å². The Morgan fingerprint density at radius 1 is 1.04 bits per heavy atom. The fourth-order valence-electron chi connectivity index (χ4n) is 2.42. The number of methoxy groups -OCH3 is 1. The van der Waals surface area contributed by atoms with Crippen molar-refractivity contribution < 1.29 is 9.26 Å². The maximum absolute atomic E-state index is 5.24. The predicted molar refractivity (Wildman–Crippen MR) is 88.0 cm³/mol. The molecular weight excluding hydrogens is 292 g/mol. The van der Waals surface area contributed by atoms with Crippen LogP contribution in [0.15, 0.2) is 35.1 Å². The Morgan fingerprint density at radius 2 is 1.87 bits per heavy atom. The highest BCUT2D eigenvalue weighted by atomic mass is 16.5. The van der Waals surface area contributed by atoms with Gasteiger partial charge in [0.15, 0.2) is 0 Å². The molecule has 3 rings (SSSR count). The molecule has 3 aromatic heterocycles. The number of anilines is 2. The molecule has 6 heteroatoms. The average Bonchev–Trinajstić information content (AvgIpc) is 2.89. The number of rotatable bonds is 4. The van der Waals surface area contributed by atoms with Gasteiger partial charge < -0.3 is 14.6 Å². The van der Waals surface area contributed by atoms with Crippen molar-refractivity contribution in [3.8, 4) is 17.0 Å². The fraction of sp³-hybridized carbons (Fsp3) is 0.235. The van der Waals surface area contributed by atoms with Crippen LogP contribution in [0.25, 0.3) is 11.1 Å². The molecule has 3 aromatic rings. The number of nitrogens with one attached hydrogen (secondary N) is 1. The Kier molecular flexibility index (Phi) is 3.97. The minimum absolute atomic E-state index is 0.579. The quantitative estimate of drug-likeness (QED) is 0.790. The summed E-state index contributed by atoms with van der Waals surface area (Å²) in [5.74, 6) is 1.36. The topological polar surface area (TPSA) is 73.1 Å². The number of hydrogen-bond donors (Lipinski definition) is 1. The van der Waals surface area contributed by atoms with Gasteiger partial charge in [0.2, 0.25) is 5.88 Å². The molecule has 0 bridgehead atoms. The highest BCUT2D eigenvalue weighted by molar-refractivity contribution is 5.73. The van der Waals surface area contributed by atoms with Crippen LogP contribution < -0.4 is 10.1 Å². The number of ether oxygens (including phenoxy) is 1. The summed E-state index contributed by atoms with van der Waals surface area (Å²) in [6.07, 6.45) is 3.56. The first-order valence-electron chi connectivity index (χ1n) is 7.25. The van der Waals surface area contributed by atoms with E-state index in [1.54, 1.807) is 13.3 Å². The van der Waals surface area contributed by atoms with Crippen molar-refractivity contribution in [1.82, 2.24) is 15.1 Å². The molecule has 118 valence electrons. The van der Waals surface area contributed by atoms with Crippen molar-refractivity contribution in [3.05, 3.63) is 47.7 Å². The van der Waals surface area contributed by atoms with Crippen LogP contribution >= 0.6 is 0 Å². The van der Waals surface area contributed by atoms with Crippen LogP contribution in [0.3, 0.4) is 0 Å². The third-order valence-corrected chi connectivity index (χ3v) is 3.63. The van der Waals surface area contributed by atoms with Crippen LogP contribution in [0.1, 0.15) is 17.1 Å². The normalized spacial score (nSPS) is 10.6. The number of aryl methyl sites for hydroxylation is 3. The van der Waals surface area contributed by atoms with Crippen LogP contribution in [-0.4, -0.2) is 22.2 Å². The standard InChI is InChI=1S/C17H18N4O2/c1-10-15(20-14-5-6-16(22-4)19-9-14)7-13(8-18-10)17-11(2)21-23-12(17)3/h5-9,20H,1-4H3. The van der Waals surface area contributed by atoms with Crippen LogP contribution in [0.4, 0.5) is 11.4 Å². The average molecular weight is 310 g/mol. The van der Waals surface area contributed by atoms with Crippen molar-refractivity contribution in [2.75, 3.05) is 12.4 Å². The van der Waals surface area contributed by atoms with E-state index in [2.05, 4.69) is 20.4 Å². The van der Waals surface area contributed by atoms with E-state index in [0.29, 0.717) is 5.88 Å². The molecular formula is C17H18N4O2. The first-order valence-corrected chi connectivity index (χ1v) is 7.25. The molecule has 0 radical (unpaired) electrons. The first kappa shape index (κ1) is 15.0. The van der Waals surface area contributed by atoms with Gasteiger partial charge in [-0.2, -0.15) is 0 Å². The first-order chi connectivity index (χ1) is 11.1. The van der Waals surface area contributed by atoms with Crippen molar-refractivity contribution in [2.45, 2.75) is 20.8 Å². The van der Waals surface area contributed by atoms with Crippen molar-refractivity contribution in [2.24, 2.45) is 0 Å². The lowest BCUT2D eigenvalue weighted by molar-refractivity contribution is 0.393. The van der Waals surface area contributed by atoms with Gasteiger partial charge in [0, 0.05) is 23.4 Å². The summed E-state index contributed by atoms with van der Waals surface area (Å²) in [7, 11) is 1.59. The fourth-order valence-corrected chi connectivity index (χ4v) is 2.42. The Balaban J connectivity index is 1.94. The number of hydrogen-bond acceptors (Lipinski definition) is 6. The van der Waals surface area contributed by atoms with Gasteiger partial charge in [-0.1, -0.05) is 5.16 Å². The Bertz CT molecular complexity index is 806. The van der Waals surface area contributed by atoms with Crippen LogP contribution in [-0.2, 0) is 0 Å². The van der Waals surface area contributed by atoms with E-state index < -0.39 is 0 Å². The van der Waals surface area contributed by atoms with Gasteiger partial charge in [-0.15, -0.1) is 0 Å². The van der Waals surface area contributed by atoms with Crippen LogP contribution in [0.2, 0.25) is 0 Å². The van der Waals surface area contributed by atoms with Gasteiger partial charge in [-0.3, -0.25) is 4.98 Å². The molecule has 6 nitrogen and oxygen atoms in total. The third-order valence-electron chi connectivity index (χ3n) is 3.63. The number of nitrogens with zero attached hydrogens (tertiary/aromatic N) is 3. The molecule has 0 amide bonds. The van der Waals surface area contributed by atoms with Crippen molar-refractivity contribution >= 4 is 11.4 Å². The number of pyridine rings is 2. The molecule has 0 atom stereocenters. The molecule has 0 spiro atoms. The SMILES string of the molecule is COc1ccc(Nc2cc(-c3c(C)noc3C)cnc2C)cn1. The lowest BCUT2D eigenvalue weighted by Gasteiger charge is -2.11. The lowest BCUT2D eigenvalue weighted by Crippen LogP contribution is -1.97. The van der Waals surface area contributed by atoms with Gasteiger partial charge in [-0.25, -0.2) is 4.98 Å².